The summed E-state index contributed by atoms with van der Waals surface area (Å²) in [7, 11) is 1.51. The van der Waals surface area contributed by atoms with Crippen LogP contribution >= 0.6 is 0 Å². The summed E-state index contributed by atoms with van der Waals surface area (Å²) in [5.74, 6) is -1.49. The van der Waals surface area contributed by atoms with Crippen LogP contribution in [0.15, 0.2) is 18.2 Å². The molecule has 2 aromatic rings. The number of aromatic hydroxyl groups is 1. The van der Waals surface area contributed by atoms with E-state index in [0.29, 0.717) is 23.3 Å². The van der Waals surface area contributed by atoms with Gasteiger partial charge in [-0.15, -0.1) is 0 Å². The molecule has 2 aromatic carbocycles. The molecular formula is C23H26O7. The molecule has 7 heteroatoms. The van der Waals surface area contributed by atoms with E-state index in [1.54, 1.807) is 19.1 Å². The van der Waals surface area contributed by atoms with Crippen LogP contribution in [-0.4, -0.2) is 29.3 Å². The number of carboxylic acid groups (broad SMARTS) is 1. The highest BCUT2D eigenvalue weighted by Gasteiger charge is 2.31. The van der Waals surface area contributed by atoms with Crippen molar-refractivity contribution in [1.82, 2.24) is 0 Å². The smallest absolute Gasteiger partial charge is 0.347 e. The van der Waals surface area contributed by atoms with Gasteiger partial charge < -0.3 is 24.4 Å². The highest BCUT2D eigenvalue weighted by Crippen LogP contribution is 2.46. The molecule has 7 nitrogen and oxygen atoms in total. The number of methoxy groups -OCH3 is 1. The summed E-state index contributed by atoms with van der Waals surface area (Å²) in [6.45, 7) is 3.85. The molecule has 0 spiro atoms. The summed E-state index contributed by atoms with van der Waals surface area (Å²) in [4.78, 5) is 24.6. The Bertz CT molecular complexity index is 978. The maximum atomic E-state index is 12.7. The number of fused-ring (bicyclic) bond motifs is 2. The number of aryl methyl sites for hydroxylation is 1. The molecule has 0 saturated carbocycles. The van der Waals surface area contributed by atoms with Crippen LogP contribution in [-0.2, 0) is 6.42 Å². The monoisotopic (exact) mass is 414 g/mol. The lowest BCUT2D eigenvalue weighted by atomic mass is 9.98. The van der Waals surface area contributed by atoms with Gasteiger partial charge in [0.2, 0.25) is 0 Å². The maximum absolute atomic E-state index is 12.7. The van der Waals surface area contributed by atoms with E-state index in [0.717, 1.165) is 38.2 Å². The lowest BCUT2D eigenvalue weighted by Gasteiger charge is -2.16. The molecule has 0 aromatic heterocycles. The largest absolute Gasteiger partial charge is 0.507 e. The van der Waals surface area contributed by atoms with E-state index >= 15 is 0 Å². The van der Waals surface area contributed by atoms with Crippen LogP contribution in [0.2, 0.25) is 0 Å². The van der Waals surface area contributed by atoms with Crippen molar-refractivity contribution in [2.75, 3.05) is 7.11 Å². The molecule has 0 radical (unpaired) electrons. The average molecular weight is 414 g/mol. The number of carboxylic acids is 1. The van der Waals surface area contributed by atoms with Crippen molar-refractivity contribution in [1.29, 1.82) is 0 Å². The molecule has 0 saturated heterocycles. The Kier molecular flexibility index (Phi) is 6.50. The van der Waals surface area contributed by atoms with Crippen LogP contribution in [0.3, 0.4) is 0 Å². The van der Waals surface area contributed by atoms with Gasteiger partial charge in [-0.25, -0.2) is 9.59 Å². The fourth-order valence-corrected chi connectivity index (χ4v) is 3.69. The van der Waals surface area contributed by atoms with Crippen LogP contribution in [0.5, 0.6) is 28.7 Å². The number of carbonyl (C=O) groups excluding carboxylic acids is 1. The second-order valence-corrected chi connectivity index (χ2v) is 7.35. The standard InChI is InChI=1S/C23H26O7/c1-4-5-6-7-8-9-15-20(22(25)26)16(24)12-18-21(15)29-17-11-14(28-3)10-13(2)19(17)23(27)30-18/h10-12,24H,4-9H2,1-3H3,(H,25,26). The zero-order valence-electron chi connectivity index (χ0n) is 17.4. The quantitative estimate of drug-likeness (QED) is 0.346. The maximum Gasteiger partial charge on any atom is 0.347 e. The van der Waals surface area contributed by atoms with Crippen molar-refractivity contribution in [3.8, 4) is 28.7 Å². The van der Waals surface area contributed by atoms with Crippen molar-refractivity contribution in [2.45, 2.75) is 52.4 Å². The van der Waals surface area contributed by atoms with E-state index < -0.39 is 17.7 Å². The van der Waals surface area contributed by atoms with Gasteiger partial charge in [0.25, 0.3) is 0 Å². The number of phenols is 1. The Morgan fingerprint density at radius 3 is 2.47 bits per heavy atom. The summed E-state index contributed by atoms with van der Waals surface area (Å²) in [6.07, 6.45) is 5.24. The van der Waals surface area contributed by atoms with Crippen LogP contribution in [0.1, 0.15) is 70.9 Å². The lowest BCUT2D eigenvalue weighted by molar-refractivity contribution is 0.0691. The van der Waals surface area contributed by atoms with E-state index in [1.807, 2.05) is 0 Å². The van der Waals surface area contributed by atoms with Crippen LogP contribution in [0.4, 0.5) is 0 Å². The second-order valence-electron chi connectivity index (χ2n) is 7.35. The zero-order valence-corrected chi connectivity index (χ0v) is 17.4. The first-order valence-corrected chi connectivity index (χ1v) is 10.1. The van der Waals surface area contributed by atoms with Gasteiger partial charge in [0.1, 0.15) is 28.4 Å². The number of benzene rings is 2. The predicted octanol–water partition coefficient (Wildman–Crippen LogP) is 5.25. The van der Waals surface area contributed by atoms with Gasteiger partial charge in [-0.1, -0.05) is 32.6 Å². The Morgan fingerprint density at radius 2 is 1.80 bits per heavy atom. The fraction of sp³-hybridized carbons (Fsp3) is 0.391. The minimum absolute atomic E-state index is 0.000579. The number of hydrogen-bond acceptors (Lipinski definition) is 6. The Hall–Kier alpha value is -3.22. The summed E-state index contributed by atoms with van der Waals surface area (Å²) in [5.41, 5.74) is 0.918. The first kappa shape index (κ1) is 21.5. The summed E-state index contributed by atoms with van der Waals surface area (Å²) in [5, 5.41) is 20.0. The minimum atomic E-state index is -1.26. The molecule has 30 heavy (non-hydrogen) atoms. The number of rotatable bonds is 8. The van der Waals surface area contributed by atoms with E-state index in [4.69, 9.17) is 14.2 Å². The average Bonchev–Trinajstić information content (AvgIpc) is 2.82. The number of esters is 1. The molecule has 0 unspecified atom stereocenters. The summed E-state index contributed by atoms with van der Waals surface area (Å²) in [6, 6.07) is 4.38. The molecule has 1 aliphatic rings. The normalized spacial score (nSPS) is 12.3. The van der Waals surface area contributed by atoms with Crippen molar-refractivity contribution in [2.24, 2.45) is 0 Å². The Balaban J connectivity index is 2.10. The van der Waals surface area contributed by atoms with Crippen molar-refractivity contribution < 1.29 is 34.0 Å². The number of unbranched alkanes of at least 4 members (excludes halogenated alkanes) is 4. The predicted molar refractivity (Wildman–Crippen MR) is 110 cm³/mol. The van der Waals surface area contributed by atoms with Crippen molar-refractivity contribution in [3.05, 3.63) is 40.5 Å². The van der Waals surface area contributed by atoms with Crippen LogP contribution < -0.4 is 14.2 Å². The van der Waals surface area contributed by atoms with Gasteiger partial charge in [-0.3, -0.25) is 0 Å². The third kappa shape index (κ3) is 4.20. The molecule has 0 aliphatic carbocycles. The van der Waals surface area contributed by atoms with Crippen molar-refractivity contribution in [3.63, 3.8) is 0 Å². The fourth-order valence-electron chi connectivity index (χ4n) is 3.69. The Labute approximate surface area is 175 Å². The van der Waals surface area contributed by atoms with Crippen LogP contribution in [0, 0.1) is 6.92 Å². The highest BCUT2D eigenvalue weighted by molar-refractivity contribution is 5.99. The number of aromatic carboxylic acids is 1. The van der Waals surface area contributed by atoms with E-state index in [1.165, 1.54) is 7.11 Å². The molecular weight excluding hydrogens is 388 g/mol. The molecule has 0 atom stereocenters. The van der Waals surface area contributed by atoms with Gasteiger partial charge in [-0.05, 0) is 31.4 Å². The first-order chi connectivity index (χ1) is 14.4. The van der Waals surface area contributed by atoms with Gasteiger partial charge in [0, 0.05) is 17.7 Å². The molecule has 3 rings (SSSR count). The van der Waals surface area contributed by atoms with E-state index in [-0.39, 0.29) is 28.4 Å². The SMILES string of the molecule is CCCCCCCc1c2c(cc(O)c1C(=O)O)OC(=O)c1c(C)cc(OC)cc1O2. The molecule has 0 amide bonds. The third-order valence-electron chi connectivity index (χ3n) is 5.20. The molecule has 1 aliphatic heterocycles. The first-order valence-electron chi connectivity index (χ1n) is 10.1. The number of ether oxygens (including phenoxy) is 3. The summed E-state index contributed by atoms with van der Waals surface area (Å²) < 4.78 is 16.8. The highest BCUT2D eigenvalue weighted by atomic mass is 16.6. The topological polar surface area (TPSA) is 102 Å². The third-order valence-corrected chi connectivity index (χ3v) is 5.20. The molecule has 0 bridgehead atoms. The molecule has 0 fully saturated rings. The summed E-state index contributed by atoms with van der Waals surface area (Å²) >= 11 is 0. The van der Waals surface area contributed by atoms with Crippen molar-refractivity contribution >= 4 is 11.9 Å². The van der Waals surface area contributed by atoms with Crippen LogP contribution in [0.25, 0.3) is 0 Å². The zero-order chi connectivity index (χ0) is 21.8. The van der Waals surface area contributed by atoms with Gasteiger partial charge in [0.15, 0.2) is 11.5 Å². The lowest BCUT2D eigenvalue weighted by Crippen LogP contribution is -2.10. The molecule has 2 N–H and O–H groups in total. The number of carbonyl (C=O) groups is 2. The second kappa shape index (κ2) is 9.07. The van der Waals surface area contributed by atoms with Gasteiger partial charge >= 0.3 is 11.9 Å². The molecule has 1 heterocycles. The minimum Gasteiger partial charge on any atom is -0.507 e. The van der Waals surface area contributed by atoms with E-state index in [9.17, 15) is 19.8 Å². The Morgan fingerprint density at radius 1 is 1.07 bits per heavy atom. The van der Waals surface area contributed by atoms with Gasteiger partial charge in [0.05, 0.1) is 7.11 Å². The molecule has 160 valence electrons. The number of hydrogen-bond donors (Lipinski definition) is 2. The van der Waals surface area contributed by atoms with Gasteiger partial charge in [-0.2, -0.15) is 0 Å². The van der Waals surface area contributed by atoms with E-state index in [2.05, 4.69) is 6.92 Å².